The predicted molar refractivity (Wildman–Crippen MR) is 36.5 cm³/mol. The molecule has 0 saturated heterocycles. The lowest BCUT2D eigenvalue weighted by molar-refractivity contribution is 0.0975. The zero-order chi connectivity index (χ0) is 7.84. The smallest absolute Gasteiger partial charge is 0.221 e. The van der Waals surface area contributed by atoms with Crippen LogP contribution in [0, 0.1) is 0 Å². The topological polar surface area (TPSA) is 47.3 Å². The Morgan fingerprint density at radius 3 is 2.55 bits per heavy atom. The van der Waals surface area contributed by atoms with Crippen molar-refractivity contribution in [3.63, 3.8) is 0 Å². The maximum absolute atomic E-state index is 11.0. The van der Waals surface area contributed by atoms with Crippen molar-refractivity contribution in [1.82, 2.24) is 0 Å². The summed E-state index contributed by atoms with van der Waals surface area (Å²) in [7, 11) is 0. The summed E-state index contributed by atoms with van der Waals surface area (Å²) in [5.41, 5.74) is 0.359. The summed E-state index contributed by atoms with van der Waals surface area (Å²) in [6.07, 6.45) is 3.81. The van der Waals surface area contributed by atoms with Gasteiger partial charge < -0.3 is 4.42 Å². The molecule has 1 aromatic rings. The number of carbonyl (C=O) groups excluding carboxylic acids is 2. The minimum atomic E-state index is -0.246. The monoisotopic (exact) mass is 148 g/mol. The van der Waals surface area contributed by atoms with Crippen LogP contribution in [0.3, 0.4) is 0 Å². The lowest BCUT2D eigenvalue weighted by atomic mass is 10.0. The number of rotatable bonds is 0. The van der Waals surface area contributed by atoms with Crippen LogP contribution in [0.4, 0.5) is 0 Å². The van der Waals surface area contributed by atoms with Crippen molar-refractivity contribution in [2.45, 2.75) is 0 Å². The molecule has 0 atom stereocenters. The summed E-state index contributed by atoms with van der Waals surface area (Å²) in [4.78, 5) is 22.0. The van der Waals surface area contributed by atoms with Crippen LogP contribution in [-0.2, 0) is 0 Å². The van der Waals surface area contributed by atoms with Crippen LogP contribution < -0.4 is 0 Å². The molecule has 0 unspecified atom stereocenters. The van der Waals surface area contributed by atoms with Gasteiger partial charge in [-0.05, 0) is 18.2 Å². The Kier molecular flexibility index (Phi) is 1.06. The van der Waals surface area contributed by atoms with Gasteiger partial charge in [-0.15, -0.1) is 0 Å². The largest absolute Gasteiger partial charge is 0.460 e. The number of hydrogen-bond donors (Lipinski definition) is 0. The van der Waals surface area contributed by atoms with Crippen LogP contribution in [0.2, 0.25) is 0 Å². The summed E-state index contributed by atoms with van der Waals surface area (Å²) in [5, 5.41) is 0. The summed E-state index contributed by atoms with van der Waals surface area (Å²) < 4.78 is 4.82. The van der Waals surface area contributed by atoms with Gasteiger partial charge in [-0.3, -0.25) is 9.59 Å². The van der Waals surface area contributed by atoms with Crippen LogP contribution in [0.1, 0.15) is 20.9 Å². The zero-order valence-electron chi connectivity index (χ0n) is 5.53. The molecule has 2 rings (SSSR count). The highest BCUT2D eigenvalue weighted by Crippen LogP contribution is 2.16. The van der Waals surface area contributed by atoms with Gasteiger partial charge in [-0.2, -0.15) is 0 Å². The molecule has 0 bridgehead atoms. The standard InChI is InChI=1S/C8H4O3/c9-6-1-2-7(10)8-5(6)3-4-11-8/h1-4H. The molecular formula is C8H4O3. The Hall–Kier alpha value is -1.64. The van der Waals surface area contributed by atoms with E-state index < -0.39 is 0 Å². The fraction of sp³-hybridized carbons (Fsp3) is 0. The molecule has 0 fully saturated rings. The average Bonchev–Trinajstić information content (AvgIpc) is 2.45. The van der Waals surface area contributed by atoms with E-state index in [2.05, 4.69) is 0 Å². The number of carbonyl (C=O) groups is 2. The molecule has 0 amide bonds. The van der Waals surface area contributed by atoms with E-state index in [1.807, 2.05) is 0 Å². The Labute approximate surface area is 62.3 Å². The highest BCUT2D eigenvalue weighted by Gasteiger charge is 2.21. The van der Waals surface area contributed by atoms with E-state index in [0.717, 1.165) is 0 Å². The summed E-state index contributed by atoms with van der Waals surface area (Å²) in [5.74, 6) is -0.268. The minimum absolute atomic E-state index is 0.150. The third-order valence-electron chi connectivity index (χ3n) is 1.54. The van der Waals surface area contributed by atoms with Gasteiger partial charge in [-0.25, -0.2) is 0 Å². The molecule has 0 spiro atoms. The molecule has 1 aliphatic carbocycles. The van der Waals surface area contributed by atoms with Gasteiger partial charge in [-0.1, -0.05) is 0 Å². The molecule has 1 heterocycles. The van der Waals surface area contributed by atoms with E-state index in [0.29, 0.717) is 5.56 Å². The average molecular weight is 148 g/mol. The molecule has 0 aromatic carbocycles. The van der Waals surface area contributed by atoms with Crippen molar-refractivity contribution in [2.75, 3.05) is 0 Å². The van der Waals surface area contributed by atoms with Gasteiger partial charge in [0.25, 0.3) is 0 Å². The quantitative estimate of drug-likeness (QED) is 0.555. The van der Waals surface area contributed by atoms with Crippen molar-refractivity contribution in [3.8, 4) is 0 Å². The SMILES string of the molecule is O=C1C=CC(=O)c2occc21. The third kappa shape index (κ3) is 0.741. The number of furan rings is 1. The molecule has 1 aliphatic rings. The Morgan fingerprint density at radius 1 is 1.09 bits per heavy atom. The predicted octanol–water partition coefficient (Wildman–Crippen LogP) is 1.21. The maximum Gasteiger partial charge on any atom is 0.221 e. The number of allylic oxidation sites excluding steroid dienone is 2. The molecule has 11 heavy (non-hydrogen) atoms. The first-order valence-corrected chi connectivity index (χ1v) is 3.13. The second-order valence-electron chi connectivity index (χ2n) is 2.23. The first-order valence-electron chi connectivity index (χ1n) is 3.13. The van der Waals surface area contributed by atoms with Crippen molar-refractivity contribution >= 4 is 11.6 Å². The van der Waals surface area contributed by atoms with E-state index in [1.165, 1.54) is 24.5 Å². The fourth-order valence-electron chi connectivity index (χ4n) is 1.01. The maximum atomic E-state index is 11.0. The Morgan fingerprint density at radius 2 is 1.82 bits per heavy atom. The normalized spacial score (nSPS) is 15.3. The molecule has 0 radical (unpaired) electrons. The Bertz CT molecular complexity index is 325. The summed E-state index contributed by atoms with van der Waals surface area (Å²) in [6.45, 7) is 0. The van der Waals surface area contributed by atoms with E-state index >= 15 is 0 Å². The first kappa shape index (κ1) is 6.09. The molecule has 54 valence electrons. The molecular weight excluding hydrogens is 144 g/mol. The van der Waals surface area contributed by atoms with Crippen molar-refractivity contribution < 1.29 is 14.0 Å². The molecule has 0 N–H and O–H groups in total. The van der Waals surface area contributed by atoms with Crippen LogP contribution in [0.5, 0.6) is 0 Å². The highest BCUT2D eigenvalue weighted by molar-refractivity contribution is 6.20. The Balaban J connectivity index is 2.68. The van der Waals surface area contributed by atoms with Crippen LogP contribution in [0.15, 0.2) is 28.9 Å². The molecule has 0 saturated carbocycles. The van der Waals surface area contributed by atoms with E-state index in [-0.39, 0.29) is 17.3 Å². The van der Waals surface area contributed by atoms with Gasteiger partial charge >= 0.3 is 0 Å². The van der Waals surface area contributed by atoms with Gasteiger partial charge in [0, 0.05) is 0 Å². The molecule has 3 nitrogen and oxygen atoms in total. The summed E-state index contributed by atoms with van der Waals surface area (Å²) >= 11 is 0. The van der Waals surface area contributed by atoms with Gasteiger partial charge in [0.15, 0.2) is 11.5 Å². The summed E-state index contributed by atoms with van der Waals surface area (Å²) in [6, 6.07) is 1.50. The highest BCUT2D eigenvalue weighted by atomic mass is 16.3. The minimum Gasteiger partial charge on any atom is -0.460 e. The fourth-order valence-corrected chi connectivity index (χ4v) is 1.01. The second kappa shape index (κ2) is 1.92. The van der Waals surface area contributed by atoms with Crippen LogP contribution >= 0.6 is 0 Å². The van der Waals surface area contributed by atoms with Crippen molar-refractivity contribution in [3.05, 3.63) is 35.8 Å². The van der Waals surface area contributed by atoms with E-state index in [9.17, 15) is 9.59 Å². The number of hydrogen-bond acceptors (Lipinski definition) is 3. The third-order valence-corrected chi connectivity index (χ3v) is 1.54. The molecule has 1 aromatic heterocycles. The van der Waals surface area contributed by atoms with Crippen molar-refractivity contribution in [1.29, 1.82) is 0 Å². The zero-order valence-corrected chi connectivity index (χ0v) is 5.53. The first-order chi connectivity index (χ1) is 5.29. The van der Waals surface area contributed by atoms with Crippen LogP contribution in [0.25, 0.3) is 0 Å². The lowest BCUT2D eigenvalue weighted by Crippen LogP contribution is -2.07. The van der Waals surface area contributed by atoms with Gasteiger partial charge in [0.05, 0.1) is 11.8 Å². The molecule has 3 heteroatoms. The van der Waals surface area contributed by atoms with Crippen LogP contribution in [-0.4, -0.2) is 11.6 Å². The van der Waals surface area contributed by atoms with Crippen molar-refractivity contribution in [2.24, 2.45) is 0 Å². The second-order valence-corrected chi connectivity index (χ2v) is 2.23. The number of fused-ring (bicyclic) bond motifs is 1. The van der Waals surface area contributed by atoms with E-state index in [1.54, 1.807) is 0 Å². The number of ketones is 2. The lowest BCUT2D eigenvalue weighted by Gasteiger charge is -1.98. The molecule has 0 aliphatic heterocycles. The van der Waals surface area contributed by atoms with E-state index in [4.69, 9.17) is 4.42 Å². The van der Waals surface area contributed by atoms with Gasteiger partial charge in [0.1, 0.15) is 0 Å². The van der Waals surface area contributed by atoms with Gasteiger partial charge in [0.2, 0.25) is 5.78 Å².